The van der Waals surface area contributed by atoms with Crippen LogP contribution in [-0.2, 0) is 9.59 Å². The summed E-state index contributed by atoms with van der Waals surface area (Å²) in [6, 6.07) is 4.62. The molecular formula is C17H22N4O5S. The van der Waals surface area contributed by atoms with Crippen molar-refractivity contribution < 1.29 is 23.5 Å². The van der Waals surface area contributed by atoms with E-state index in [-0.39, 0.29) is 22.8 Å². The number of carbonyl (C=O) groups excluding carboxylic acids is 2. The Morgan fingerprint density at radius 1 is 1.22 bits per heavy atom. The van der Waals surface area contributed by atoms with Crippen molar-refractivity contribution in [1.82, 2.24) is 20.8 Å². The maximum Gasteiger partial charge on any atom is 0.277 e. The van der Waals surface area contributed by atoms with Crippen LogP contribution in [0.2, 0.25) is 0 Å². The molecule has 0 bridgehead atoms. The normalized spacial score (nSPS) is 11.6. The van der Waals surface area contributed by atoms with Crippen LogP contribution in [0, 0.1) is 0 Å². The molecule has 0 saturated heterocycles. The number of aromatic nitrogens is 2. The van der Waals surface area contributed by atoms with Crippen molar-refractivity contribution in [3.63, 3.8) is 0 Å². The first-order valence-electron chi connectivity index (χ1n) is 8.24. The standard InChI is InChI=1S/C17H22N4O5S/c1-5-18-15(23)10(2)19-14(22)9-27-17-21-20-16(26-17)11-6-7-12(24-3)13(8-11)25-4/h6-8,10H,5,9H2,1-4H3,(H,18,23)(H,19,22)/t10-/m1/s1. The van der Waals surface area contributed by atoms with Gasteiger partial charge in [-0.1, -0.05) is 11.8 Å². The van der Waals surface area contributed by atoms with Gasteiger partial charge >= 0.3 is 0 Å². The van der Waals surface area contributed by atoms with Crippen LogP contribution < -0.4 is 20.1 Å². The highest BCUT2D eigenvalue weighted by Crippen LogP contribution is 2.32. The monoisotopic (exact) mass is 394 g/mol. The van der Waals surface area contributed by atoms with Gasteiger partial charge in [0.2, 0.25) is 17.7 Å². The number of ether oxygens (including phenoxy) is 2. The van der Waals surface area contributed by atoms with E-state index in [9.17, 15) is 9.59 Å². The SMILES string of the molecule is CCNC(=O)[C@@H](C)NC(=O)CSc1nnc(-c2ccc(OC)c(OC)c2)o1. The molecule has 1 atom stereocenters. The average molecular weight is 394 g/mol. The van der Waals surface area contributed by atoms with Gasteiger partial charge in [0, 0.05) is 12.1 Å². The highest BCUT2D eigenvalue weighted by atomic mass is 32.2. The smallest absolute Gasteiger partial charge is 0.277 e. The summed E-state index contributed by atoms with van der Waals surface area (Å²) in [6.45, 7) is 3.94. The Labute approximate surface area is 161 Å². The van der Waals surface area contributed by atoms with Crippen LogP contribution in [0.4, 0.5) is 0 Å². The number of nitrogens with zero attached hydrogens (tertiary/aromatic N) is 2. The molecule has 0 fully saturated rings. The van der Waals surface area contributed by atoms with E-state index in [2.05, 4.69) is 20.8 Å². The number of thioether (sulfide) groups is 1. The van der Waals surface area contributed by atoms with Crippen LogP contribution in [0.15, 0.2) is 27.8 Å². The first-order chi connectivity index (χ1) is 13.0. The van der Waals surface area contributed by atoms with Gasteiger partial charge in [0.15, 0.2) is 11.5 Å². The summed E-state index contributed by atoms with van der Waals surface area (Å²) in [6.07, 6.45) is 0. The van der Waals surface area contributed by atoms with Gasteiger partial charge in [-0.3, -0.25) is 9.59 Å². The van der Waals surface area contributed by atoms with Gasteiger partial charge in [0.1, 0.15) is 6.04 Å². The lowest BCUT2D eigenvalue weighted by Crippen LogP contribution is -2.45. The molecule has 1 aromatic heterocycles. The Morgan fingerprint density at radius 3 is 2.63 bits per heavy atom. The summed E-state index contributed by atoms with van der Waals surface area (Å²) >= 11 is 1.09. The number of benzene rings is 1. The summed E-state index contributed by atoms with van der Waals surface area (Å²) in [5, 5.41) is 13.4. The molecule has 0 aliphatic rings. The number of likely N-dealkylation sites (N-methyl/N-ethyl adjacent to an activating group) is 1. The molecule has 0 saturated carbocycles. The average Bonchev–Trinajstić information content (AvgIpc) is 3.15. The van der Waals surface area contributed by atoms with E-state index < -0.39 is 6.04 Å². The van der Waals surface area contributed by atoms with Gasteiger partial charge < -0.3 is 24.5 Å². The van der Waals surface area contributed by atoms with E-state index >= 15 is 0 Å². The molecule has 2 amide bonds. The Hall–Kier alpha value is -2.75. The minimum atomic E-state index is -0.608. The van der Waals surface area contributed by atoms with E-state index in [1.807, 2.05) is 6.92 Å². The molecule has 10 heteroatoms. The minimum Gasteiger partial charge on any atom is -0.493 e. The zero-order valence-corrected chi connectivity index (χ0v) is 16.4. The van der Waals surface area contributed by atoms with Crippen LogP contribution in [0.1, 0.15) is 13.8 Å². The number of hydrogen-bond acceptors (Lipinski definition) is 8. The highest BCUT2D eigenvalue weighted by molar-refractivity contribution is 7.99. The quantitative estimate of drug-likeness (QED) is 0.615. The van der Waals surface area contributed by atoms with Gasteiger partial charge in [-0.15, -0.1) is 10.2 Å². The highest BCUT2D eigenvalue weighted by Gasteiger charge is 2.17. The number of nitrogens with one attached hydrogen (secondary N) is 2. The van der Waals surface area contributed by atoms with Gasteiger partial charge in [0.25, 0.3) is 5.22 Å². The molecular weight excluding hydrogens is 372 g/mol. The lowest BCUT2D eigenvalue weighted by atomic mass is 10.2. The maximum absolute atomic E-state index is 11.9. The van der Waals surface area contributed by atoms with Crippen molar-refractivity contribution in [2.24, 2.45) is 0 Å². The molecule has 0 aliphatic carbocycles. The minimum absolute atomic E-state index is 0.0529. The number of methoxy groups -OCH3 is 2. The van der Waals surface area contributed by atoms with Crippen LogP contribution in [-0.4, -0.2) is 54.6 Å². The molecule has 0 unspecified atom stereocenters. The van der Waals surface area contributed by atoms with Crippen molar-refractivity contribution in [2.45, 2.75) is 25.1 Å². The second-order valence-electron chi connectivity index (χ2n) is 5.42. The number of hydrogen-bond donors (Lipinski definition) is 2. The summed E-state index contributed by atoms with van der Waals surface area (Å²) in [7, 11) is 3.09. The molecule has 27 heavy (non-hydrogen) atoms. The fourth-order valence-corrected chi connectivity index (χ4v) is 2.73. The second-order valence-corrected chi connectivity index (χ2v) is 6.34. The molecule has 1 aromatic carbocycles. The molecule has 1 heterocycles. The number of carbonyl (C=O) groups is 2. The first-order valence-corrected chi connectivity index (χ1v) is 9.22. The number of rotatable bonds is 9. The largest absolute Gasteiger partial charge is 0.493 e. The molecule has 0 radical (unpaired) electrons. The molecule has 2 N–H and O–H groups in total. The zero-order chi connectivity index (χ0) is 19.8. The van der Waals surface area contributed by atoms with Crippen LogP contribution in [0.3, 0.4) is 0 Å². The zero-order valence-electron chi connectivity index (χ0n) is 15.6. The number of amides is 2. The van der Waals surface area contributed by atoms with Gasteiger partial charge in [-0.05, 0) is 32.0 Å². The molecule has 0 aliphatic heterocycles. The van der Waals surface area contributed by atoms with Crippen LogP contribution >= 0.6 is 11.8 Å². The van der Waals surface area contributed by atoms with E-state index in [0.29, 0.717) is 29.5 Å². The Morgan fingerprint density at radius 2 is 1.96 bits per heavy atom. The second kappa shape index (κ2) is 9.81. The lowest BCUT2D eigenvalue weighted by Gasteiger charge is -2.12. The van der Waals surface area contributed by atoms with E-state index in [1.165, 1.54) is 7.11 Å². The first kappa shape index (κ1) is 20.6. The summed E-state index contributed by atoms with van der Waals surface area (Å²) in [5.41, 5.74) is 0.668. The van der Waals surface area contributed by atoms with E-state index in [1.54, 1.807) is 32.2 Å². The molecule has 9 nitrogen and oxygen atoms in total. The van der Waals surface area contributed by atoms with Crippen molar-refractivity contribution in [1.29, 1.82) is 0 Å². The van der Waals surface area contributed by atoms with E-state index in [0.717, 1.165) is 11.8 Å². The van der Waals surface area contributed by atoms with Gasteiger partial charge in [0.05, 0.1) is 20.0 Å². The predicted octanol–water partition coefficient (Wildman–Crippen LogP) is 1.49. The third-order valence-electron chi connectivity index (χ3n) is 3.49. The van der Waals surface area contributed by atoms with Crippen molar-refractivity contribution in [2.75, 3.05) is 26.5 Å². The maximum atomic E-state index is 11.9. The van der Waals surface area contributed by atoms with Crippen molar-refractivity contribution >= 4 is 23.6 Å². The Balaban J connectivity index is 1.94. The summed E-state index contributed by atoms with van der Waals surface area (Å²) in [5.74, 6) is 0.954. The summed E-state index contributed by atoms with van der Waals surface area (Å²) in [4.78, 5) is 23.6. The molecule has 146 valence electrons. The van der Waals surface area contributed by atoms with Crippen LogP contribution in [0.25, 0.3) is 11.5 Å². The fourth-order valence-electron chi connectivity index (χ4n) is 2.16. The van der Waals surface area contributed by atoms with Crippen molar-refractivity contribution in [3.8, 4) is 23.0 Å². The lowest BCUT2D eigenvalue weighted by molar-refractivity contribution is -0.127. The fraction of sp³-hybridized carbons (Fsp3) is 0.412. The molecule has 2 rings (SSSR count). The predicted molar refractivity (Wildman–Crippen MR) is 99.9 cm³/mol. The molecule has 2 aromatic rings. The Bertz CT molecular complexity index is 795. The third kappa shape index (κ3) is 5.61. The summed E-state index contributed by atoms with van der Waals surface area (Å²) < 4.78 is 16.0. The molecule has 0 spiro atoms. The Kier molecular flexibility index (Phi) is 7.47. The topological polar surface area (TPSA) is 116 Å². The van der Waals surface area contributed by atoms with Gasteiger partial charge in [-0.2, -0.15) is 0 Å². The van der Waals surface area contributed by atoms with E-state index in [4.69, 9.17) is 13.9 Å². The van der Waals surface area contributed by atoms with Crippen molar-refractivity contribution in [3.05, 3.63) is 18.2 Å². The van der Waals surface area contributed by atoms with Gasteiger partial charge in [-0.25, -0.2) is 0 Å². The third-order valence-corrected chi connectivity index (χ3v) is 4.30. The van der Waals surface area contributed by atoms with Crippen LogP contribution in [0.5, 0.6) is 11.5 Å².